The van der Waals surface area contributed by atoms with Gasteiger partial charge in [-0.05, 0) is 51.8 Å². The van der Waals surface area contributed by atoms with Crippen LogP contribution in [0.2, 0.25) is 0 Å². The first-order chi connectivity index (χ1) is 16.0. The van der Waals surface area contributed by atoms with Gasteiger partial charge in [0.15, 0.2) is 0 Å². The molecule has 34 heavy (non-hydrogen) atoms. The molecule has 186 valence electrons. The van der Waals surface area contributed by atoms with Crippen molar-refractivity contribution in [1.82, 2.24) is 14.1 Å². The second kappa shape index (κ2) is 9.27. The fourth-order valence-corrected chi connectivity index (χ4v) is 5.74. The van der Waals surface area contributed by atoms with Crippen LogP contribution in [0.25, 0.3) is 5.69 Å². The lowest BCUT2D eigenvalue weighted by molar-refractivity contribution is 0.0541. The molecule has 9 nitrogen and oxygen atoms in total. The molecule has 0 bridgehead atoms. The molecule has 0 amide bonds. The van der Waals surface area contributed by atoms with E-state index in [4.69, 9.17) is 4.74 Å². The lowest BCUT2D eigenvalue weighted by Gasteiger charge is -2.36. The summed E-state index contributed by atoms with van der Waals surface area (Å²) in [4.78, 5) is 15.4. The van der Waals surface area contributed by atoms with Crippen molar-refractivity contribution in [2.24, 2.45) is 0 Å². The number of nitrogens with zero attached hydrogens (tertiary/aromatic N) is 4. The first-order valence-corrected chi connectivity index (χ1v) is 13.0. The van der Waals surface area contributed by atoms with E-state index in [0.29, 0.717) is 38.0 Å². The van der Waals surface area contributed by atoms with Crippen LogP contribution < -0.4 is 15.2 Å². The van der Waals surface area contributed by atoms with Crippen LogP contribution >= 0.6 is 0 Å². The van der Waals surface area contributed by atoms with Crippen LogP contribution in [0.5, 0.6) is 5.75 Å². The molecule has 2 unspecified atom stereocenters. The highest BCUT2D eigenvalue weighted by Gasteiger charge is 2.36. The van der Waals surface area contributed by atoms with Gasteiger partial charge in [0.2, 0.25) is 15.8 Å². The SMILES string of the molecule is CC(C)S(=O)(=O)N1CCN(c2cnn(-c3cccc(F)c3)c(=O)c2OC2CCC(C)(O)C2)CC1. The first-order valence-electron chi connectivity index (χ1n) is 11.5. The number of aromatic nitrogens is 2. The summed E-state index contributed by atoms with van der Waals surface area (Å²) >= 11 is 0. The number of anilines is 1. The Morgan fingerprint density at radius 2 is 1.94 bits per heavy atom. The van der Waals surface area contributed by atoms with E-state index in [1.165, 1.54) is 28.7 Å². The van der Waals surface area contributed by atoms with E-state index in [2.05, 4.69) is 5.10 Å². The van der Waals surface area contributed by atoms with Gasteiger partial charge in [-0.15, -0.1) is 0 Å². The van der Waals surface area contributed by atoms with Crippen LogP contribution in [-0.2, 0) is 10.0 Å². The Morgan fingerprint density at radius 3 is 2.53 bits per heavy atom. The molecule has 1 aromatic carbocycles. The van der Waals surface area contributed by atoms with Gasteiger partial charge in [0.05, 0.1) is 22.7 Å². The minimum atomic E-state index is -3.37. The Kier molecular flexibility index (Phi) is 6.71. The van der Waals surface area contributed by atoms with Crippen molar-refractivity contribution in [3.05, 3.63) is 46.6 Å². The summed E-state index contributed by atoms with van der Waals surface area (Å²) in [7, 11) is -3.37. The monoisotopic (exact) mass is 494 g/mol. The number of ether oxygens (including phenoxy) is 1. The molecule has 2 aromatic rings. The van der Waals surface area contributed by atoms with Crippen molar-refractivity contribution < 1.29 is 22.7 Å². The van der Waals surface area contributed by atoms with Crippen LogP contribution in [0.4, 0.5) is 10.1 Å². The lowest BCUT2D eigenvalue weighted by atomic mass is 10.1. The normalized spacial score (nSPS) is 24.1. The second-order valence-electron chi connectivity index (χ2n) is 9.52. The topological polar surface area (TPSA) is 105 Å². The summed E-state index contributed by atoms with van der Waals surface area (Å²) in [6.07, 6.45) is 2.68. The Balaban J connectivity index is 1.67. The molecule has 2 fully saturated rings. The predicted molar refractivity (Wildman–Crippen MR) is 127 cm³/mol. The molecule has 2 aliphatic rings. The fraction of sp³-hybridized carbons (Fsp3) is 0.565. The number of sulfonamides is 1. The van der Waals surface area contributed by atoms with Crippen molar-refractivity contribution in [2.45, 2.75) is 57.0 Å². The van der Waals surface area contributed by atoms with Gasteiger partial charge in [0.1, 0.15) is 17.6 Å². The minimum absolute atomic E-state index is 0.0714. The van der Waals surface area contributed by atoms with E-state index in [-0.39, 0.29) is 30.6 Å². The van der Waals surface area contributed by atoms with Gasteiger partial charge in [-0.2, -0.15) is 14.1 Å². The van der Waals surface area contributed by atoms with Gasteiger partial charge < -0.3 is 14.7 Å². The summed E-state index contributed by atoms with van der Waals surface area (Å²) in [6.45, 7) is 6.35. The molecule has 11 heteroatoms. The fourth-order valence-electron chi connectivity index (χ4n) is 4.47. The van der Waals surface area contributed by atoms with E-state index in [9.17, 15) is 22.7 Å². The highest BCUT2D eigenvalue weighted by molar-refractivity contribution is 7.89. The molecule has 2 heterocycles. The van der Waals surface area contributed by atoms with Crippen LogP contribution in [0.3, 0.4) is 0 Å². The largest absolute Gasteiger partial charge is 0.483 e. The minimum Gasteiger partial charge on any atom is -0.483 e. The third kappa shape index (κ3) is 4.96. The maximum Gasteiger partial charge on any atom is 0.316 e. The maximum absolute atomic E-state index is 13.8. The van der Waals surface area contributed by atoms with Crippen molar-refractivity contribution >= 4 is 15.7 Å². The molecule has 1 aromatic heterocycles. The standard InChI is InChI=1S/C23H31FN4O5S/c1-16(2)34(31,32)27-11-9-26(10-12-27)20-15-25-28(18-6-4-5-17(24)13-18)22(29)21(20)33-19-7-8-23(3,30)14-19/h4-6,13,15-16,19,30H,7-12,14H2,1-3H3. The van der Waals surface area contributed by atoms with Gasteiger partial charge in [-0.3, -0.25) is 4.79 Å². The molecule has 1 aliphatic heterocycles. The zero-order chi connectivity index (χ0) is 24.7. The molecule has 1 saturated heterocycles. The van der Waals surface area contributed by atoms with Gasteiger partial charge in [-0.25, -0.2) is 12.8 Å². The highest BCUT2D eigenvalue weighted by atomic mass is 32.2. The number of hydrogen-bond donors (Lipinski definition) is 1. The van der Waals surface area contributed by atoms with E-state index >= 15 is 0 Å². The molecule has 1 saturated carbocycles. The predicted octanol–water partition coefficient (Wildman–Crippen LogP) is 1.91. The van der Waals surface area contributed by atoms with Crippen LogP contribution in [-0.4, -0.2) is 70.7 Å². The summed E-state index contributed by atoms with van der Waals surface area (Å²) in [6, 6.07) is 5.58. The number of halogens is 1. The third-order valence-corrected chi connectivity index (χ3v) is 8.74. The summed E-state index contributed by atoms with van der Waals surface area (Å²) in [5.41, 5.74) is -0.665. The molecular formula is C23H31FN4O5S. The smallest absolute Gasteiger partial charge is 0.316 e. The van der Waals surface area contributed by atoms with Crippen LogP contribution in [0.1, 0.15) is 40.0 Å². The van der Waals surface area contributed by atoms with Gasteiger partial charge in [0, 0.05) is 32.6 Å². The van der Waals surface area contributed by atoms with Crippen molar-refractivity contribution in [3.63, 3.8) is 0 Å². The third-order valence-electron chi connectivity index (χ3n) is 6.46. The quantitative estimate of drug-likeness (QED) is 0.654. The van der Waals surface area contributed by atoms with Gasteiger partial charge >= 0.3 is 5.56 Å². The summed E-state index contributed by atoms with van der Waals surface area (Å²) < 4.78 is 47.6. The molecule has 1 aliphatic carbocycles. The first kappa shape index (κ1) is 24.6. The number of piperazine rings is 1. The average molecular weight is 495 g/mol. The van der Waals surface area contributed by atoms with Crippen molar-refractivity contribution in [3.8, 4) is 11.4 Å². The molecular weight excluding hydrogens is 463 g/mol. The Hall–Kier alpha value is -2.50. The average Bonchev–Trinajstić information content (AvgIpc) is 3.13. The zero-order valence-corrected chi connectivity index (χ0v) is 20.5. The molecule has 0 spiro atoms. The Morgan fingerprint density at radius 1 is 1.24 bits per heavy atom. The van der Waals surface area contributed by atoms with Gasteiger partial charge in [-0.1, -0.05) is 6.07 Å². The van der Waals surface area contributed by atoms with Crippen LogP contribution in [0.15, 0.2) is 35.3 Å². The number of rotatable bonds is 6. The van der Waals surface area contributed by atoms with Crippen molar-refractivity contribution in [2.75, 3.05) is 31.1 Å². The number of benzene rings is 1. The lowest BCUT2D eigenvalue weighted by Crippen LogP contribution is -2.50. The Labute approximate surface area is 198 Å². The molecule has 2 atom stereocenters. The molecule has 1 N–H and O–H groups in total. The van der Waals surface area contributed by atoms with Crippen molar-refractivity contribution in [1.29, 1.82) is 0 Å². The summed E-state index contributed by atoms with van der Waals surface area (Å²) in [5.74, 6) is -0.422. The Bertz CT molecular complexity index is 1210. The van der Waals surface area contributed by atoms with Gasteiger partial charge in [0.25, 0.3) is 0 Å². The zero-order valence-electron chi connectivity index (χ0n) is 19.6. The summed E-state index contributed by atoms with van der Waals surface area (Å²) in [5, 5.41) is 14.1. The second-order valence-corrected chi connectivity index (χ2v) is 12.0. The van der Waals surface area contributed by atoms with Crippen LogP contribution in [0, 0.1) is 5.82 Å². The molecule has 4 rings (SSSR count). The highest BCUT2D eigenvalue weighted by Crippen LogP contribution is 2.34. The van der Waals surface area contributed by atoms with E-state index < -0.39 is 32.3 Å². The van der Waals surface area contributed by atoms with E-state index in [0.717, 1.165) is 4.68 Å². The maximum atomic E-state index is 13.8. The van der Waals surface area contributed by atoms with E-state index in [1.807, 2.05) is 4.90 Å². The number of aliphatic hydroxyl groups is 1. The molecule has 0 radical (unpaired) electrons. The number of hydrogen-bond acceptors (Lipinski definition) is 7. The van der Waals surface area contributed by atoms with E-state index in [1.54, 1.807) is 26.8 Å².